The van der Waals surface area contributed by atoms with Crippen molar-refractivity contribution < 1.29 is 19.0 Å². The standard InChI is InChI=1S/C13H15NO4/c1-2-16-12(15)13(14)6-9(13)8-3-4-10-11(5-8)18-7-17-10/h3-5,9H,2,6-7,14H2,1H3. The van der Waals surface area contributed by atoms with Gasteiger partial charge in [-0.15, -0.1) is 0 Å². The van der Waals surface area contributed by atoms with Crippen molar-refractivity contribution in [3.05, 3.63) is 23.8 Å². The molecular formula is C13H15NO4. The second-order valence-corrected chi connectivity index (χ2v) is 4.63. The van der Waals surface area contributed by atoms with Crippen molar-refractivity contribution in [2.45, 2.75) is 24.8 Å². The summed E-state index contributed by atoms with van der Waals surface area (Å²) in [6.07, 6.45) is 0.617. The van der Waals surface area contributed by atoms with Gasteiger partial charge >= 0.3 is 5.97 Å². The molecule has 18 heavy (non-hydrogen) atoms. The Morgan fingerprint density at radius 3 is 3.06 bits per heavy atom. The predicted molar refractivity (Wildman–Crippen MR) is 63.5 cm³/mol. The zero-order valence-corrected chi connectivity index (χ0v) is 10.1. The quantitative estimate of drug-likeness (QED) is 0.814. The van der Waals surface area contributed by atoms with Gasteiger partial charge in [0.25, 0.3) is 0 Å². The molecule has 5 heteroatoms. The van der Waals surface area contributed by atoms with E-state index in [-0.39, 0.29) is 18.7 Å². The highest BCUT2D eigenvalue weighted by atomic mass is 16.7. The molecule has 3 rings (SSSR count). The van der Waals surface area contributed by atoms with Gasteiger partial charge in [-0.3, -0.25) is 4.79 Å². The Morgan fingerprint density at radius 2 is 2.28 bits per heavy atom. The Kier molecular flexibility index (Phi) is 2.45. The number of ether oxygens (including phenoxy) is 3. The molecule has 0 radical (unpaired) electrons. The number of benzene rings is 1. The largest absolute Gasteiger partial charge is 0.465 e. The first-order valence-corrected chi connectivity index (χ1v) is 6.01. The Balaban J connectivity index is 1.80. The lowest BCUT2D eigenvalue weighted by molar-refractivity contribution is -0.146. The van der Waals surface area contributed by atoms with Crippen LogP contribution in [-0.4, -0.2) is 24.9 Å². The van der Waals surface area contributed by atoms with Gasteiger partial charge in [-0.05, 0) is 31.0 Å². The topological polar surface area (TPSA) is 70.8 Å². The van der Waals surface area contributed by atoms with E-state index in [4.69, 9.17) is 19.9 Å². The molecule has 2 unspecified atom stereocenters. The lowest BCUT2D eigenvalue weighted by atomic mass is 10.1. The third-order valence-electron chi connectivity index (χ3n) is 3.46. The van der Waals surface area contributed by atoms with Crippen LogP contribution in [0.5, 0.6) is 11.5 Å². The highest BCUT2D eigenvalue weighted by Gasteiger charge is 2.59. The molecule has 1 aromatic carbocycles. The van der Waals surface area contributed by atoms with Crippen LogP contribution in [0, 0.1) is 0 Å². The van der Waals surface area contributed by atoms with Gasteiger partial charge in [-0.25, -0.2) is 0 Å². The van der Waals surface area contributed by atoms with Crippen molar-refractivity contribution in [3.63, 3.8) is 0 Å². The van der Waals surface area contributed by atoms with Crippen LogP contribution in [0.4, 0.5) is 0 Å². The Bertz CT molecular complexity index is 502. The van der Waals surface area contributed by atoms with Crippen LogP contribution in [0.1, 0.15) is 24.8 Å². The molecule has 2 N–H and O–H groups in total. The molecular weight excluding hydrogens is 234 g/mol. The van der Waals surface area contributed by atoms with Crippen LogP contribution in [0.25, 0.3) is 0 Å². The van der Waals surface area contributed by atoms with E-state index in [0.717, 1.165) is 11.3 Å². The zero-order chi connectivity index (χ0) is 12.8. The number of nitrogens with two attached hydrogens (primary N) is 1. The summed E-state index contributed by atoms with van der Waals surface area (Å²) in [5.74, 6) is 1.13. The van der Waals surface area contributed by atoms with Crippen LogP contribution in [0.2, 0.25) is 0 Å². The summed E-state index contributed by atoms with van der Waals surface area (Å²) in [5.41, 5.74) is 6.17. The van der Waals surface area contributed by atoms with Crippen molar-refractivity contribution in [2.75, 3.05) is 13.4 Å². The van der Waals surface area contributed by atoms with Crippen LogP contribution >= 0.6 is 0 Å². The highest BCUT2D eigenvalue weighted by Crippen LogP contribution is 2.51. The predicted octanol–water partition coefficient (Wildman–Crippen LogP) is 1.16. The van der Waals surface area contributed by atoms with E-state index in [2.05, 4.69) is 0 Å². The van der Waals surface area contributed by atoms with Crippen molar-refractivity contribution in [2.24, 2.45) is 5.73 Å². The molecule has 0 amide bonds. The van der Waals surface area contributed by atoms with Crippen LogP contribution in [0.15, 0.2) is 18.2 Å². The second kappa shape index (κ2) is 3.88. The summed E-state index contributed by atoms with van der Waals surface area (Å²) in [5, 5.41) is 0. The molecule has 1 aromatic rings. The maximum atomic E-state index is 11.7. The summed E-state index contributed by atoms with van der Waals surface area (Å²) in [6, 6.07) is 5.66. The molecule has 1 saturated carbocycles. The van der Waals surface area contributed by atoms with Gasteiger partial charge in [0.1, 0.15) is 5.54 Å². The average molecular weight is 249 g/mol. The van der Waals surface area contributed by atoms with E-state index in [1.54, 1.807) is 6.92 Å². The fraction of sp³-hybridized carbons (Fsp3) is 0.462. The van der Waals surface area contributed by atoms with Crippen molar-refractivity contribution in [1.82, 2.24) is 0 Å². The van der Waals surface area contributed by atoms with E-state index < -0.39 is 5.54 Å². The first-order valence-electron chi connectivity index (χ1n) is 6.01. The SMILES string of the molecule is CCOC(=O)C1(N)CC1c1ccc2c(c1)OCO2. The van der Waals surface area contributed by atoms with E-state index in [9.17, 15) is 4.79 Å². The normalized spacial score (nSPS) is 28.0. The van der Waals surface area contributed by atoms with E-state index in [0.29, 0.717) is 18.8 Å². The summed E-state index contributed by atoms with van der Waals surface area (Å²) in [4.78, 5) is 11.7. The molecule has 5 nitrogen and oxygen atoms in total. The Hall–Kier alpha value is -1.75. The molecule has 96 valence electrons. The Labute approximate surface area is 105 Å². The number of hydrogen-bond donors (Lipinski definition) is 1. The summed E-state index contributed by atoms with van der Waals surface area (Å²) < 4.78 is 15.6. The smallest absolute Gasteiger partial charge is 0.326 e. The monoisotopic (exact) mass is 249 g/mol. The van der Waals surface area contributed by atoms with Crippen LogP contribution in [-0.2, 0) is 9.53 Å². The Morgan fingerprint density at radius 1 is 1.50 bits per heavy atom. The van der Waals surface area contributed by atoms with E-state index in [1.165, 1.54) is 0 Å². The number of esters is 1. The van der Waals surface area contributed by atoms with Gasteiger partial charge in [0.05, 0.1) is 6.61 Å². The summed E-state index contributed by atoms with van der Waals surface area (Å²) in [7, 11) is 0. The van der Waals surface area contributed by atoms with E-state index in [1.807, 2.05) is 18.2 Å². The maximum Gasteiger partial charge on any atom is 0.326 e. The number of hydrogen-bond acceptors (Lipinski definition) is 5. The minimum atomic E-state index is -0.871. The molecule has 1 aliphatic carbocycles. The molecule has 2 atom stereocenters. The number of fused-ring (bicyclic) bond motifs is 1. The minimum absolute atomic E-state index is 0.00560. The van der Waals surface area contributed by atoms with Gasteiger partial charge in [-0.1, -0.05) is 6.07 Å². The molecule has 1 fully saturated rings. The van der Waals surface area contributed by atoms with Crippen LogP contribution in [0.3, 0.4) is 0 Å². The molecule has 1 heterocycles. The number of rotatable bonds is 3. The summed E-state index contributed by atoms with van der Waals surface area (Å²) >= 11 is 0. The average Bonchev–Trinajstić information content (AvgIpc) is 2.86. The molecule has 0 aromatic heterocycles. The zero-order valence-electron chi connectivity index (χ0n) is 10.1. The van der Waals surface area contributed by atoms with Crippen molar-refractivity contribution in [3.8, 4) is 11.5 Å². The van der Waals surface area contributed by atoms with Crippen LogP contribution < -0.4 is 15.2 Å². The van der Waals surface area contributed by atoms with Gasteiger partial charge in [-0.2, -0.15) is 0 Å². The second-order valence-electron chi connectivity index (χ2n) is 4.63. The highest BCUT2D eigenvalue weighted by molar-refractivity contribution is 5.86. The van der Waals surface area contributed by atoms with Crippen molar-refractivity contribution >= 4 is 5.97 Å². The lowest BCUT2D eigenvalue weighted by Gasteiger charge is -2.10. The molecule has 0 saturated heterocycles. The number of carbonyl (C=O) groups is 1. The minimum Gasteiger partial charge on any atom is -0.465 e. The summed E-state index contributed by atoms with van der Waals surface area (Å²) in [6.45, 7) is 2.37. The van der Waals surface area contributed by atoms with Gasteiger partial charge in [0, 0.05) is 5.92 Å². The molecule has 2 aliphatic rings. The molecule has 1 aliphatic heterocycles. The lowest BCUT2D eigenvalue weighted by Crippen LogP contribution is -2.36. The third-order valence-corrected chi connectivity index (χ3v) is 3.46. The first kappa shape index (κ1) is 11.3. The number of carbonyl (C=O) groups excluding carboxylic acids is 1. The fourth-order valence-electron chi connectivity index (χ4n) is 2.32. The van der Waals surface area contributed by atoms with Gasteiger partial charge in [0.15, 0.2) is 11.5 Å². The molecule has 0 spiro atoms. The maximum absolute atomic E-state index is 11.7. The first-order chi connectivity index (χ1) is 8.65. The fourth-order valence-corrected chi connectivity index (χ4v) is 2.32. The van der Waals surface area contributed by atoms with Gasteiger partial charge < -0.3 is 19.9 Å². The molecule has 0 bridgehead atoms. The van der Waals surface area contributed by atoms with Gasteiger partial charge in [0.2, 0.25) is 6.79 Å². The third kappa shape index (κ3) is 1.62. The van der Waals surface area contributed by atoms with Crippen molar-refractivity contribution in [1.29, 1.82) is 0 Å². The van der Waals surface area contributed by atoms with E-state index >= 15 is 0 Å².